The first-order chi connectivity index (χ1) is 11.1. The monoisotopic (exact) mass is 335 g/mol. The van der Waals surface area contributed by atoms with Gasteiger partial charge in [0.05, 0.1) is 11.5 Å². The second-order valence-corrected chi connectivity index (χ2v) is 5.97. The highest BCUT2D eigenvalue weighted by Gasteiger charge is 2.23. The van der Waals surface area contributed by atoms with Crippen LogP contribution < -0.4 is 5.32 Å². The van der Waals surface area contributed by atoms with Crippen LogP contribution in [0.3, 0.4) is 0 Å². The zero-order valence-corrected chi connectivity index (χ0v) is 13.3. The summed E-state index contributed by atoms with van der Waals surface area (Å²) in [5, 5.41) is 18.9. The third-order valence-electron chi connectivity index (χ3n) is 4.03. The lowest BCUT2D eigenvalue weighted by Gasteiger charge is -2.36. The molecule has 1 fully saturated rings. The summed E-state index contributed by atoms with van der Waals surface area (Å²) in [6.07, 6.45) is 2.75. The van der Waals surface area contributed by atoms with E-state index in [1.165, 1.54) is 18.0 Å². The highest BCUT2D eigenvalue weighted by molar-refractivity contribution is 6.30. The summed E-state index contributed by atoms with van der Waals surface area (Å²) in [5.41, 5.74) is 1.20. The standard InChI is InChI=1S/C15H18ClN5O2/c16-13-3-1-2-12(8-13)15-10-17-4-5-19(15)6-7-20-11-14(9-18-20)21(22)23/h1-3,8-9,11,15,17H,4-7,10H2. The Kier molecular flexibility index (Phi) is 4.90. The maximum atomic E-state index is 10.7. The number of benzene rings is 1. The van der Waals surface area contributed by atoms with Gasteiger partial charge in [-0.15, -0.1) is 0 Å². The summed E-state index contributed by atoms with van der Waals surface area (Å²) < 4.78 is 1.62. The molecule has 1 aromatic carbocycles. The molecule has 1 aromatic heterocycles. The molecule has 2 aromatic rings. The van der Waals surface area contributed by atoms with Crippen LogP contribution in [0.15, 0.2) is 36.7 Å². The van der Waals surface area contributed by atoms with Crippen molar-refractivity contribution in [1.82, 2.24) is 20.0 Å². The SMILES string of the molecule is O=[N+]([O-])c1cnn(CCN2CCNCC2c2cccc(Cl)c2)c1. The van der Waals surface area contributed by atoms with E-state index in [0.29, 0.717) is 6.54 Å². The highest BCUT2D eigenvalue weighted by atomic mass is 35.5. The van der Waals surface area contributed by atoms with Crippen LogP contribution in [-0.2, 0) is 6.54 Å². The van der Waals surface area contributed by atoms with Crippen molar-refractivity contribution in [3.63, 3.8) is 0 Å². The summed E-state index contributed by atoms with van der Waals surface area (Å²) in [6, 6.07) is 8.14. The molecule has 1 unspecified atom stereocenters. The van der Waals surface area contributed by atoms with Crippen LogP contribution >= 0.6 is 11.6 Å². The van der Waals surface area contributed by atoms with E-state index in [4.69, 9.17) is 11.6 Å². The molecular weight excluding hydrogens is 318 g/mol. The number of nitro groups is 1. The van der Waals surface area contributed by atoms with E-state index in [1.807, 2.05) is 18.2 Å². The third kappa shape index (κ3) is 3.87. The fraction of sp³-hybridized carbons (Fsp3) is 0.400. The molecule has 1 N–H and O–H groups in total. The maximum absolute atomic E-state index is 10.7. The van der Waals surface area contributed by atoms with Crippen LogP contribution in [0.1, 0.15) is 11.6 Å². The van der Waals surface area contributed by atoms with Crippen LogP contribution in [0.25, 0.3) is 0 Å². The van der Waals surface area contributed by atoms with Crippen LogP contribution in [0.5, 0.6) is 0 Å². The second kappa shape index (κ2) is 7.08. The Balaban J connectivity index is 1.67. The molecule has 3 rings (SSSR count). The van der Waals surface area contributed by atoms with Crippen molar-refractivity contribution < 1.29 is 4.92 Å². The first-order valence-electron chi connectivity index (χ1n) is 7.50. The first-order valence-corrected chi connectivity index (χ1v) is 7.88. The molecule has 0 saturated carbocycles. The fourth-order valence-electron chi connectivity index (χ4n) is 2.86. The predicted octanol–water partition coefficient (Wildman–Crippen LogP) is 2.09. The van der Waals surface area contributed by atoms with Gasteiger partial charge < -0.3 is 5.32 Å². The number of piperazine rings is 1. The molecular formula is C15H18ClN5O2. The molecule has 122 valence electrons. The zero-order valence-electron chi connectivity index (χ0n) is 12.6. The van der Waals surface area contributed by atoms with E-state index in [-0.39, 0.29) is 11.7 Å². The van der Waals surface area contributed by atoms with Gasteiger partial charge in [-0.1, -0.05) is 23.7 Å². The van der Waals surface area contributed by atoms with Gasteiger partial charge >= 0.3 is 5.69 Å². The van der Waals surface area contributed by atoms with E-state index < -0.39 is 4.92 Å². The number of aromatic nitrogens is 2. The predicted molar refractivity (Wildman–Crippen MR) is 87.5 cm³/mol. The topological polar surface area (TPSA) is 76.2 Å². The average Bonchev–Trinajstić information content (AvgIpc) is 3.02. The summed E-state index contributed by atoms with van der Waals surface area (Å²) in [4.78, 5) is 12.6. The van der Waals surface area contributed by atoms with Crippen LogP contribution in [0.4, 0.5) is 5.69 Å². The lowest BCUT2D eigenvalue weighted by atomic mass is 10.0. The summed E-state index contributed by atoms with van der Waals surface area (Å²) in [7, 11) is 0. The fourth-order valence-corrected chi connectivity index (χ4v) is 3.06. The van der Waals surface area contributed by atoms with E-state index in [0.717, 1.165) is 31.2 Å². The molecule has 0 radical (unpaired) electrons. The highest BCUT2D eigenvalue weighted by Crippen LogP contribution is 2.24. The summed E-state index contributed by atoms with van der Waals surface area (Å²) >= 11 is 6.10. The lowest BCUT2D eigenvalue weighted by molar-refractivity contribution is -0.385. The van der Waals surface area contributed by atoms with E-state index in [1.54, 1.807) is 4.68 Å². The number of hydrogen-bond donors (Lipinski definition) is 1. The Hall–Kier alpha value is -1.96. The Bertz CT molecular complexity index is 690. The molecule has 0 amide bonds. The van der Waals surface area contributed by atoms with E-state index in [9.17, 15) is 10.1 Å². The average molecular weight is 336 g/mol. The molecule has 7 nitrogen and oxygen atoms in total. The van der Waals surface area contributed by atoms with Gasteiger partial charge in [-0.3, -0.25) is 19.7 Å². The molecule has 2 heterocycles. The maximum Gasteiger partial charge on any atom is 0.306 e. The normalized spacial score (nSPS) is 18.9. The third-order valence-corrected chi connectivity index (χ3v) is 4.27. The van der Waals surface area contributed by atoms with Gasteiger partial charge in [0.25, 0.3) is 0 Å². The number of nitrogens with zero attached hydrogens (tertiary/aromatic N) is 4. The number of hydrogen-bond acceptors (Lipinski definition) is 5. The van der Waals surface area contributed by atoms with Gasteiger partial charge in [-0.25, -0.2) is 0 Å². The van der Waals surface area contributed by atoms with Crippen LogP contribution in [0.2, 0.25) is 5.02 Å². The van der Waals surface area contributed by atoms with Gasteiger partial charge in [-0.05, 0) is 17.7 Å². The van der Waals surface area contributed by atoms with Crippen molar-refractivity contribution in [2.75, 3.05) is 26.2 Å². The minimum absolute atomic E-state index is 0.0247. The summed E-state index contributed by atoms with van der Waals surface area (Å²) in [6.45, 7) is 4.10. The van der Waals surface area contributed by atoms with E-state index >= 15 is 0 Å². The smallest absolute Gasteiger partial charge is 0.306 e. The molecule has 1 aliphatic heterocycles. The van der Waals surface area contributed by atoms with Crippen molar-refractivity contribution in [1.29, 1.82) is 0 Å². The van der Waals surface area contributed by atoms with Gasteiger partial charge in [-0.2, -0.15) is 5.10 Å². The molecule has 0 spiro atoms. The molecule has 0 aliphatic carbocycles. The molecule has 0 bridgehead atoms. The van der Waals surface area contributed by atoms with Crippen molar-refractivity contribution >= 4 is 17.3 Å². The number of nitrogens with one attached hydrogen (secondary N) is 1. The van der Waals surface area contributed by atoms with Crippen LogP contribution in [-0.4, -0.2) is 45.8 Å². The van der Waals surface area contributed by atoms with Crippen molar-refractivity contribution in [2.45, 2.75) is 12.6 Å². The minimum Gasteiger partial charge on any atom is -0.314 e. The lowest BCUT2D eigenvalue weighted by Crippen LogP contribution is -2.47. The minimum atomic E-state index is -0.427. The number of halogens is 1. The molecule has 8 heteroatoms. The molecule has 1 aliphatic rings. The Morgan fingerprint density at radius 2 is 2.30 bits per heavy atom. The Morgan fingerprint density at radius 1 is 1.43 bits per heavy atom. The Labute approximate surface area is 139 Å². The number of rotatable bonds is 5. The molecule has 23 heavy (non-hydrogen) atoms. The second-order valence-electron chi connectivity index (χ2n) is 5.53. The first kappa shape index (κ1) is 15.9. The van der Waals surface area contributed by atoms with Gasteiger partial charge in [0, 0.05) is 37.2 Å². The zero-order chi connectivity index (χ0) is 16.2. The van der Waals surface area contributed by atoms with Gasteiger partial charge in [0.15, 0.2) is 0 Å². The van der Waals surface area contributed by atoms with Crippen molar-refractivity contribution in [2.24, 2.45) is 0 Å². The Morgan fingerprint density at radius 3 is 3.04 bits per heavy atom. The van der Waals surface area contributed by atoms with Crippen LogP contribution in [0, 0.1) is 10.1 Å². The molecule has 1 saturated heterocycles. The van der Waals surface area contributed by atoms with Crippen molar-refractivity contribution in [3.05, 3.63) is 57.4 Å². The van der Waals surface area contributed by atoms with Gasteiger partial charge in [0.1, 0.15) is 12.4 Å². The molecule has 1 atom stereocenters. The van der Waals surface area contributed by atoms with Crippen molar-refractivity contribution in [3.8, 4) is 0 Å². The summed E-state index contributed by atoms with van der Waals surface area (Å²) in [5.74, 6) is 0. The quantitative estimate of drug-likeness (QED) is 0.669. The van der Waals surface area contributed by atoms with E-state index in [2.05, 4.69) is 21.4 Å². The van der Waals surface area contributed by atoms with Gasteiger partial charge in [0.2, 0.25) is 0 Å². The largest absolute Gasteiger partial charge is 0.314 e.